The Morgan fingerprint density at radius 3 is 2.68 bits per heavy atom. The van der Waals surface area contributed by atoms with Gasteiger partial charge in [0.25, 0.3) is 0 Å². The minimum Gasteiger partial charge on any atom is -0.376 e. The Labute approximate surface area is 185 Å². The molecule has 1 atom stereocenters. The smallest absolute Gasteiger partial charge is 0.191 e. The van der Waals surface area contributed by atoms with Gasteiger partial charge in [-0.15, -0.1) is 24.0 Å². The van der Waals surface area contributed by atoms with Gasteiger partial charge in [-0.3, -0.25) is 9.89 Å². The monoisotopic (exact) mass is 504 g/mol. The van der Waals surface area contributed by atoms with Crippen LogP contribution in [0.25, 0.3) is 0 Å². The summed E-state index contributed by atoms with van der Waals surface area (Å²) in [5, 5.41) is 6.74. The molecule has 5 nitrogen and oxygen atoms in total. The van der Waals surface area contributed by atoms with Crippen LogP contribution < -0.4 is 10.6 Å². The number of halogens is 2. The minimum atomic E-state index is -0.100. The van der Waals surface area contributed by atoms with E-state index in [1.165, 1.54) is 0 Å². The molecule has 0 spiro atoms. The van der Waals surface area contributed by atoms with E-state index in [0.717, 1.165) is 76.5 Å². The molecule has 2 heterocycles. The Balaban J connectivity index is 0.00000280. The van der Waals surface area contributed by atoms with E-state index in [1.807, 2.05) is 12.1 Å². The highest BCUT2D eigenvalue weighted by Gasteiger charge is 2.20. The van der Waals surface area contributed by atoms with Gasteiger partial charge >= 0.3 is 0 Å². The van der Waals surface area contributed by atoms with Crippen molar-refractivity contribution in [1.29, 1.82) is 0 Å². The molecule has 0 saturated carbocycles. The van der Waals surface area contributed by atoms with E-state index < -0.39 is 0 Å². The highest BCUT2D eigenvalue weighted by molar-refractivity contribution is 14.0. The zero-order valence-corrected chi connectivity index (χ0v) is 19.2. The maximum absolute atomic E-state index is 13.8. The fourth-order valence-electron chi connectivity index (χ4n) is 3.77. The standard InChI is InChI=1S/C21H33FN4O.HI/c1-2-23-21(25-15-19-7-5-13-27-19)24-14-17-9-11-26(12-10-17)16-18-6-3-4-8-20(18)22;/h3-4,6,8,17,19H,2,5,7,9-16H2,1H3,(H2,23,24,25);1H. The van der Waals surface area contributed by atoms with E-state index in [4.69, 9.17) is 9.73 Å². The summed E-state index contributed by atoms with van der Waals surface area (Å²) in [5.41, 5.74) is 0.793. The average molecular weight is 504 g/mol. The van der Waals surface area contributed by atoms with E-state index in [1.54, 1.807) is 12.1 Å². The number of nitrogens with one attached hydrogen (secondary N) is 2. The van der Waals surface area contributed by atoms with Crippen LogP contribution in [0.5, 0.6) is 0 Å². The number of hydrogen-bond acceptors (Lipinski definition) is 3. The molecule has 1 unspecified atom stereocenters. The Bertz CT molecular complexity index is 602. The quantitative estimate of drug-likeness (QED) is 0.340. The Morgan fingerprint density at radius 1 is 1.21 bits per heavy atom. The molecule has 2 N–H and O–H groups in total. The van der Waals surface area contributed by atoms with Crippen molar-refractivity contribution in [3.8, 4) is 0 Å². The van der Waals surface area contributed by atoms with Crippen LogP contribution in [0.2, 0.25) is 0 Å². The summed E-state index contributed by atoms with van der Waals surface area (Å²) in [6.45, 7) is 8.22. The molecule has 1 aromatic rings. The molecule has 0 bridgehead atoms. The largest absolute Gasteiger partial charge is 0.376 e. The molecule has 2 aliphatic heterocycles. The normalized spacial score (nSPS) is 21.4. The first-order valence-corrected chi connectivity index (χ1v) is 10.3. The highest BCUT2D eigenvalue weighted by Crippen LogP contribution is 2.20. The molecule has 28 heavy (non-hydrogen) atoms. The zero-order valence-electron chi connectivity index (χ0n) is 16.8. The maximum atomic E-state index is 13.8. The van der Waals surface area contributed by atoms with Gasteiger partial charge in [-0.2, -0.15) is 0 Å². The van der Waals surface area contributed by atoms with Crippen LogP contribution >= 0.6 is 24.0 Å². The number of hydrogen-bond donors (Lipinski definition) is 2. The van der Waals surface area contributed by atoms with Crippen molar-refractivity contribution >= 4 is 29.9 Å². The molecule has 2 aliphatic rings. The fourth-order valence-corrected chi connectivity index (χ4v) is 3.77. The lowest BCUT2D eigenvalue weighted by Crippen LogP contribution is -2.41. The van der Waals surface area contributed by atoms with E-state index in [0.29, 0.717) is 18.6 Å². The third-order valence-corrected chi connectivity index (χ3v) is 5.43. The zero-order chi connectivity index (χ0) is 18.9. The number of aliphatic imine (C=N–C) groups is 1. The molecule has 3 rings (SSSR count). The number of nitrogens with zero attached hydrogens (tertiary/aromatic N) is 2. The van der Waals surface area contributed by atoms with Crippen LogP contribution in [-0.4, -0.2) is 56.3 Å². The first kappa shape index (κ1) is 23.3. The lowest BCUT2D eigenvalue weighted by atomic mass is 9.96. The van der Waals surface area contributed by atoms with Gasteiger partial charge in [0.2, 0.25) is 0 Å². The van der Waals surface area contributed by atoms with Gasteiger partial charge in [-0.1, -0.05) is 18.2 Å². The van der Waals surface area contributed by atoms with Gasteiger partial charge < -0.3 is 15.4 Å². The topological polar surface area (TPSA) is 48.9 Å². The van der Waals surface area contributed by atoms with Crippen molar-refractivity contribution in [1.82, 2.24) is 15.5 Å². The lowest BCUT2D eigenvalue weighted by molar-refractivity contribution is 0.113. The third kappa shape index (κ3) is 7.48. The summed E-state index contributed by atoms with van der Waals surface area (Å²) in [6.07, 6.45) is 4.83. The summed E-state index contributed by atoms with van der Waals surface area (Å²) in [7, 11) is 0. The van der Waals surface area contributed by atoms with Crippen LogP contribution in [0.3, 0.4) is 0 Å². The second kappa shape index (κ2) is 12.6. The van der Waals surface area contributed by atoms with Crippen molar-refractivity contribution in [2.75, 3.05) is 39.3 Å². The van der Waals surface area contributed by atoms with Crippen molar-refractivity contribution in [2.45, 2.75) is 45.3 Å². The number of ether oxygens (including phenoxy) is 1. The Hall–Kier alpha value is -0.930. The summed E-state index contributed by atoms with van der Waals surface area (Å²) >= 11 is 0. The average Bonchev–Trinajstić information content (AvgIpc) is 3.21. The van der Waals surface area contributed by atoms with Gasteiger partial charge in [0.15, 0.2) is 5.96 Å². The highest BCUT2D eigenvalue weighted by atomic mass is 127. The summed E-state index contributed by atoms with van der Waals surface area (Å²) in [4.78, 5) is 7.13. The SMILES string of the molecule is CCNC(=NCC1CCN(Cc2ccccc2F)CC1)NCC1CCCO1.I. The summed E-state index contributed by atoms with van der Waals surface area (Å²) < 4.78 is 19.5. The fraction of sp³-hybridized carbons (Fsp3) is 0.667. The lowest BCUT2D eigenvalue weighted by Gasteiger charge is -2.31. The molecule has 0 radical (unpaired) electrons. The predicted octanol–water partition coefficient (Wildman–Crippen LogP) is 3.39. The van der Waals surface area contributed by atoms with Crippen LogP contribution in [0.4, 0.5) is 4.39 Å². The van der Waals surface area contributed by atoms with Crippen molar-refractivity contribution in [3.63, 3.8) is 0 Å². The minimum absolute atomic E-state index is 0. The van der Waals surface area contributed by atoms with Gasteiger partial charge in [-0.25, -0.2) is 4.39 Å². The molecule has 7 heteroatoms. The van der Waals surface area contributed by atoms with E-state index in [2.05, 4.69) is 22.5 Å². The number of benzene rings is 1. The van der Waals surface area contributed by atoms with Gasteiger partial charge in [0, 0.05) is 38.3 Å². The maximum Gasteiger partial charge on any atom is 0.191 e. The molecule has 2 saturated heterocycles. The van der Waals surface area contributed by atoms with E-state index in [9.17, 15) is 4.39 Å². The third-order valence-electron chi connectivity index (χ3n) is 5.43. The predicted molar refractivity (Wildman–Crippen MR) is 123 cm³/mol. The number of rotatable bonds is 7. The molecule has 158 valence electrons. The molecular weight excluding hydrogens is 470 g/mol. The van der Waals surface area contributed by atoms with Crippen LogP contribution in [0.1, 0.15) is 38.2 Å². The number of guanidine groups is 1. The number of likely N-dealkylation sites (tertiary alicyclic amines) is 1. The van der Waals surface area contributed by atoms with Crippen molar-refractivity contribution in [3.05, 3.63) is 35.6 Å². The molecule has 0 aliphatic carbocycles. The molecule has 0 aromatic heterocycles. The summed E-state index contributed by atoms with van der Waals surface area (Å²) in [6, 6.07) is 7.08. The molecule has 1 aromatic carbocycles. The second-order valence-electron chi connectivity index (χ2n) is 7.55. The van der Waals surface area contributed by atoms with Gasteiger partial charge in [0.1, 0.15) is 5.82 Å². The Kier molecular flexibility index (Phi) is 10.5. The molecule has 0 amide bonds. The Morgan fingerprint density at radius 2 is 2.00 bits per heavy atom. The number of piperidine rings is 1. The first-order valence-electron chi connectivity index (χ1n) is 10.3. The second-order valence-corrected chi connectivity index (χ2v) is 7.55. The van der Waals surface area contributed by atoms with Crippen molar-refractivity contribution < 1.29 is 9.13 Å². The molecule has 2 fully saturated rings. The van der Waals surface area contributed by atoms with Crippen molar-refractivity contribution in [2.24, 2.45) is 10.9 Å². The summed E-state index contributed by atoms with van der Waals surface area (Å²) in [5.74, 6) is 1.39. The van der Waals surface area contributed by atoms with Crippen LogP contribution in [-0.2, 0) is 11.3 Å². The first-order chi connectivity index (χ1) is 13.2. The van der Waals surface area contributed by atoms with E-state index >= 15 is 0 Å². The van der Waals surface area contributed by atoms with Crippen LogP contribution in [0, 0.1) is 11.7 Å². The van der Waals surface area contributed by atoms with Gasteiger partial charge in [-0.05, 0) is 57.7 Å². The van der Waals surface area contributed by atoms with Crippen LogP contribution in [0.15, 0.2) is 29.3 Å². The van der Waals surface area contributed by atoms with E-state index in [-0.39, 0.29) is 29.8 Å². The van der Waals surface area contributed by atoms with Gasteiger partial charge in [0.05, 0.1) is 6.10 Å². The molecular formula is C21H34FIN4O.